The molecule has 5 heteroatoms. The molecule has 5 nitrogen and oxygen atoms in total. The number of piperidine rings is 1. The summed E-state index contributed by atoms with van der Waals surface area (Å²) in [5, 5.41) is 12.5. The van der Waals surface area contributed by atoms with Crippen LogP contribution in [0.2, 0.25) is 0 Å². The molecular formula is C17H24N2O3. The van der Waals surface area contributed by atoms with Crippen LogP contribution in [0.25, 0.3) is 0 Å². The number of likely N-dealkylation sites (tertiary alicyclic amines) is 1. The molecule has 0 spiro atoms. The highest BCUT2D eigenvalue weighted by Crippen LogP contribution is 2.26. The van der Waals surface area contributed by atoms with E-state index in [1.165, 1.54) is 5.56 Å². The number of amides is 1. The number of nitrogens with zero attached hydrogens (tertiary/aromatic N) is 2. The van der Waals surface area contributed by atoms with E-state index in [2.05, 4.69) is 6.07 Å². The maximum Gasteiger partial charge on any atom is 0.256 e. The van der Waals surface area contributed by atoms with Crippen LogP contribution in [0.1, 0.15) is 30.4 Å². The zero-order chi connectivity index (χ0) is 15.6. The van der Waals surface area contributed by atoms with Crippen LogP contribution in [0.3, 0.4) is 0 Å². The molecule has 2 aliphatic heterocycles. The van der Waals surface area contributed by atoms with Gasteiger partial charge in [0.1, 0.15) is 0 Å². The summed E-state index contributed by atoms with van der Waals surface area (Å²) in [4.78, 5) is 19.9. The molecule has 1 aromatic rings. The number of rotatable bonds is 4. The molecule has 0 bridgehead atoms. The number of carbonyl (C=O) groups excluding carboxylic acids is 1. The molecule has 2 aliphatic rings. The first kappa shape index (κ1) is 15.5. The molecular weight excluding hydrogens is 280 g/mol. The van der Waals surface area contributed by atoms with Gasteiger partial charge in [-0.15, -0.1) is 0 Å². The van der Waals surface area contributed by atoms with E-state index in [1.54, 1.807) is 9.96 Å². The summed E-state index contributed by atoms with van der Waals surface area (Å²) in [5.41, 5.74) is 0.976. The number of aryl methyl sites for hydroxylation is 1. The van der Waals surface area contributed by atoms with Crippen LogP contribution in [0.4, 0.5) is 0 Å². The first-order valence-electron chi connectivity index (χ1n) is 8.02. The quantitative estimate of drug-likeness (QED) is 0.915. The van der Waals surface area contributed by atoms with Crippen molar-refractivity contribution in [2.24, 2.45) is 0 Å². The molecule has 22 heavy (non-hydrogen) atoms. The van der Waals surface area contributed by atoms with Gasteiger partial charge in [-0.2, -0.15) is 5.06 Å². The minimum atomic E-state index is -1.31. The van der Waals surface area contributed by atoms with Gasteiger partial charge < -0.3 is 10.0 Å². The highest BCUT2D eigenvalue weighted by atomic mass is 16.7. The van der Waals surface area contributed by atoms with Crippen molar-refractivity contribution < 1.29 is 14.7 Å². The van der Waals surface area contributed by atoms with Gasteiger partial charge in [-0.05, 0) is 31.7 Å². The van der Waals surface area contributed by atoms with Crippen molar-refractivity contribution in [1.29, 1.82) is 0 Å². The first-order chi connectivity index (χ1) is 10.6. The normalized spacial score (nSPS) is 26.6. The van der Waals surface area contributed by atoms with Crippen LogP contribution < -0.4 is 0 Å². The summed E-state index contributed by atoms with van der Waals surface area (Å²) in [6.07, 6.45) is 2.29. The van der Waals surface area contributed by atoms with Crippen molar-refractivity contribution in [3.05, 3.63) is 35.4 Å². The predicted octanol–water partition coefficient (Wildman–Crippen LogP) is 1.49. The van der Waals surface area contributed by atoms with Crippen LogP contribution >= 0.6 is 0 Å². The Morgan fingerprint density at radius 1 is 1.32 bits per heavy atom. The van der Waals surface area contributed by atoms with Gasteiger partial charge >= 0.3 is 0 Å². The Morgan fingerprint density at radius 2 is 2.18 bits per heavy atom. The molecule has 2 heterocycles. The number of aliphatic hydroxyl groups is 1. The summed E-state index contributed by atoms with van der Waals surface area (Å²) in [5.74, 6) is -0.171. The molecule has 0 aromatic heterocycles. The molecule has 1 N–H and O–H groups in total. The van der Waals surface area contributed by atoms with Crippen molar-refractivity contribution in [1.82, 2.24) is 9.96 Å². The van der Waals surface area contributed by atoms with E-state index >= 15 is 0 Å². The minimum absolute atomic E-state index is 0.171. The second-order valence-corrected chi connectivity index (χ2v) is 6.40. The van der Waals surface area contributed by atoms with Gasteiger partial charge in [0.15, 0.2) is 5.60 Å². The van der Waals surface area contributed by atoms with Gasteiger partial charge in [0.25, 0.3) is 5.91 Å². The molecule has 3 rings (SSSR count). The largest absolute Gasteiger partial charge is 0.379 e. The lowest BCUT2D eigenvalue weighted by atomic mass is 9.91. The molecule has 1 aromatic carbocycles. The van der Waals surface area contributed by atoms with Crippen molar-refractivity contribution in [3.8, 4) is 0 Å². The maximum atomic E-state index is 12.7. The fourth-order valence-electron chi connectivity index (χ4n) is 3.31. The van der Waals surface area contributed by atoms with E-state index in [9.17, 15) is 9.90 Å². The lowest BCUT2D eigenvalue weighted by Gasteiger charge is -2.39. The monoisotopic (exact) mass is 304 g/mol. The molecule has 2 saturated heterocycles. The zero-order valence-corrected chi connectivity index (χ0v) is 13.1. The Labute approximate surface area is 131 Å². The first-order valence-corrected chi connectivity index (χ1v) is 8.02. The topological polar surface area (TPSA) is 53.0 Å². The lowest BCUT2D eigenvalue weighted by Crippen LogP contribution is -2.57. The van der Waals surface area contributed by atoms with Crippen LogP contribution in [-0.4, -0.2) is 52.8 Å². The van der Waals surface area contributed by atoms with Crippen molar-refractivity contribution in [3.63, 3.8) is 0 Å². The lowest BCUT2D eigenvalue weighted by molar-refractivity contribution is -0.182. The van der Waals surface area contributed by atoms with E-state index in [0.29, 0.717) is 26.1 Å². The number of hydrogen-bond donors (Lipinski definition) is 1. The highest BCUT2D eigenvalue weighted by Gasteiger charge is 2.44. The maximum absolute atomic E-state index is 12.7. The number of carbonyl (C=O) groups is 1. The van der Waals surface area contributed by atoms with Crippen molar-refractivity contribution in [2.75, 3.05) is 26.2 Å². The number of hydroxylamine groups is 2. The van der Waals surface area contributed by atoms with Crippen molar-refractivity contribution >= 4 is 5.91 Å². The summed E-state index contributed by atoms with van der Waals surface area (Å²) < 4.78 is 0. The molecule has 0 saturated carbocycles. The Morgan fingerprint density at radius 3 is 2.91 bits per heavy atom. The third kappa shape index (κ3) is 3.32. The number of benzene rings is 1. The average Bonchev–Trinajstić information content (AvgIpc) is 2.97. The van der Waals surface area contributed by atoms with E-state index < -0.39 is 5.60 Å². The third-order valence-electron chi connectivity index (χ3n) is 4.42. The fourth-order valence-corrected chi connectivity index (χ4v) is 3.31. The average molecular weight is 304 g/mol. The summed E-state index contributed by atoms with van der Waals surface area (Å²) in [7, 11) is 0. The van der Waals surface area contributed by atoms with E-state index in [4.69, 9.17) is 4.84 Å². The standard InChI is InChI=1S/C17H24N2O3/c1-14-5-2-6-15(11-14)12-18-8-3-7-17(21,16(18)20)13-19-9-4-10-22-19/h2,5-6,11,21H,3-4,7-10,12-13H2,1H3/t17-/m0/s1. The van der Waals surface area contributed by atoms with E-state index in [1.807, 2.05) is 25.1 Å². The van der Waals surface area contributed by atoms with E-state index in [0.717, 1.165) is 24.9 Å². The summed E-state index contributed by atoms with van der Waals surface area (Å²) in [6, 6.07) is 8.16. The SMILES string of the molecule is Cc1cccc(CN2CCC[C@](O)(CN3CCCO3)C2=O)c1. The Balaban J connectivity index is 1.68. The summed E-state index contributed by atoms with van der Waals surface area (Å²) in [6.45, 7) is 5.04. The molecule has 0 radical (unpaired) electrons. The van der Waals surface area contributed by atoms with Gasteiger partial charge in [0, 0.05) is 19.6 Å². The van der Waals surface area contributed by atoms with Crippen LogP contribution in [0, 0.1) is 6.92 Å². The third-order valence-corrected chi connectivity index (χ3v) is 4.42. The van der Waals surface area contributed by atoms with Crippen LogP contribution in [0.15, 0.2) is 24.3 Å². The predicted molar refractivity (Wildman–Crippen MR) is 82.9 cm³/mol. The summed E-state index contributed by atoms with van der Waals surface area (Å²) >= 11 is 0. The molecule has 1 atom stereocenters. The minimum Gasteiger partial charge on any atom is -0.379 e. The van der Waals surface area contributed by atoms with Gasteiger partial charge in [-0.25, -0.2) is 0 Å². The molecule has 2 fully saturated rings. The zero-order valence-electron chi connectivity index (χ0n) is 13.1. The molecule has 0 aliphatic carbocycles. The molecule has 120 valence electrons. The number of hydrogen-bond acceptors (Lipinski definition) is 4. The second kappa shape index (κ2) is 6.36. The Hall–Kier alpha value is -1.43. The van der Waals surface area contributed by atoms with Gasteiger partial charge in [-0.3, -0.25) is 9.63 Å². The van der Waals surface area contributed by atoms with Gasteiger partial charge in [0.2, 0.25) is 0 Å². The second-order valence-electron chi connectivity index (χ2n) is 6.40. The molecule has 1 amide bonds. The fraction of sp³-hybridized carbons (Fsp3) is 0.588. The van der Waals surface area contributed by atoms with Gasteiger partial charge in [0.05, 0.1) is 13.2 Å². The smallest absolute Gasteiger partial charge is 0.256 e. The Bertz CT molecular complexity index is 542. The van der Waals surface area contributed by atoms with Crippen molar-refractivity contribution in [2.45, 2.75) is 38.3 Å². The van der Waals surface area contributed by atoms with Crippen LogP contribution in [-0.2, 0) is 16.2 Å². The van der Waals surface area contributed by atoms with Crippen LogP contribution in [0.5, 0.6) is 0 Å². The van der Waals surface area contributed by atoms with E-state index in [-0.39, 0.29) is 12.5 Å². The molecule has 0 unspecified atom stereocenters. The van der Waals surface area contributed by atoms with Gasteiger partial charge in [-0.1, -0.05) is 29.8 Å². The highest BCUT2D eigenvalue weighted by molar-refractivity contribution is 5.86. The number of β-amino-alcohol motifs (C(OH)–C–C–N with tert-alkyl or cyclic N) is 1. The Kier molecular flexibility index (Phi) is 4.47.